The first-order chi connectivity index (χ1) is 9.56. The fourth-order valence-corrected chi connectivity index (χ4v) is 2.16. The van der Waals surface area contributed by atoms with Crippen LogP contribution in [0.15, 0.2) is 36.5 Å². The predicted octanol–water partition coefficient (Wildman–Crippen LogP) is 2.08. The quantitative estimate of drug-likeness (QED) is 0.823. The van der Waals surface area contributed by atoms with E-state index in [0.717, 1.165) is 9.39 Å². The molecule has 1 aromatic heterocycles. The first-order valence-corrected chi connectivity index (χ1v) is 7.17. The number of hydrogen-bond donors (Lipinski definition) is 1. The van der Waals surface area contributed by atoms with Gasteiger partial charge in [-0.15, -0.1) is 0 Å². The van der Waals surface area contributed by atoms with Crippen LogP contribution in [0.1, 0.15) is 16.2 Å². The summed E-state index contributed by atoms with van der Waals surface area (Å²) in [5.74, 6) is 1.29. The average Bonchev–Trinajstić information content (AvgIpc) is 2.45. The van der Waals surface area contributed by atoms with Crippen LogP contribution in [0.2, 0.25) is 0 Å². The van der Waals surface area contributed by atoms with E-state index in [9.17, 15) is 4.79 Å². The van der Waals surface area contributed by atoms with Gasteiger partial charge in [-0.3, -0.25) is 4.79 Å². The van der Waals surface area contributed by atoms with Crippen LogP contribution in [0, 0.1) is 3.57 Å². The highest BCUT2D eigenvalue weighted by Crippen LogP contribution is 2.08. The number of aromatic nitrogens is 2. The lowest BCUT2D eigenvalue weighted by Crippen LogP contribution is -2.24. The molecule has 1 aromatic carbocycles. The molecule has 1 N–H and O–H groups in total. The van der Waals surface area contributed by atoms with Crippen molar-refractivity contribution in [3.05, 3.63) is 51.5 Å². The smallest absolute Gasteiger partial charge is 0.251 e. The molecule has 104 valence electrons. The lowest BCUT2D eigenvalue weighted by molar-refractivity contribution is 0.0950. The monoisotopic (exact) mass is 382 g/mol. The minimum absolute atomic E-state index is 0.123. The maximum Gasteiger partial charge on any atom is 0.251 e. The summed E-state index contributed by atoms with van der Waals surface area (Å²) in [7, 11) is 3.83. The first-order valence-electron chi connectivity index (χ1n) is 6.09. The Morgan fingerprint density at radius 2 is 2.15 bits per heavy atom. The molecule has 0 bridgehead atoms. The first kappa shape index (κ1) is 14.7. The van der Waals surface area contributed by atoms with Crippen molar-refractivity contribution in [2.45, 2.75) is 6.54 Å². The van der Waals surface area contributed by atoms with E-state index in [1.165, 1.54) is 0 Å². The van der Waals surface area contributed by atoms with Crippen LogP contribution in [-0.2, 0) is 6.54 Å². The molecule has 0 spiro atoms. The molecule has 0 aliphatic rings. The minimum atomic E-state index is -0.123. The Morgan fingerprint density at radius 3 is 2.85 bits per heavy atom. The van der Waals surface area contributed by atoms with Crippen LogP contribution in [0.3, 0.4) is 0 Å². The van der Waals surface area contributed by atoms with Gasteiger partial charge in [0.1, 0.15) is 11.6 Å². The van der Waals surface area contributed by atoms with E-state index in [-0.39, 0.29) is 5.91 Å². The molecule has 1 heterocycles. The van der Waals surface area contributed by atoms with E-state index in [1.54, 1.807) is 12.3 Å². The molecule has 0 saturated carbocycles. The van der Waals surface area contributed by atoms with Crippen molar-refractivity contribution in [2.75, 3.05) is 19.0 Å². The van der Waals surface area contributed by atoms with Gasteiger partial charge in [0, 0.05) is 29.4 Å². The number of amides is 1. The Balaban J connectivity index is 2.02. The van der Waals surface area contributed by atoms with E-state index in [1.807, 2.05) is 43.3 Å². The van der Waals surface area contributed by atoms with Crippen molar-refractivity contribution in [3.8, 4) is 0 Å². The standard InChI is InChI=1S/C14H15IN4O/c1-19(2)13-6-7-16-12(18-13)9-17-14(20)10-4-3-5-11(15)8-10/h3-8H,9H2,1-2H3,(H,17,20). The van der Waals surface area contributed by atoms with E-state index >= 15 is 0 Å². The third kappa shape index (κ3) is 3.89. The number of rotatable bonds is 4. The number of halogens is 1. The summed E-state index contributed by atoms with van der Waals surface area (Å²) in [5.41, 5.74) is 0.640. The Kier molecular flexibility index (Phi) is 4.89. The molecule has 0 radical (unpaired) electrons. The van der Waals surface area contributed by atoms with Gasteiger partial charge in [-0.25, -0.2) is 9.97 Å². The maximum absolute atomic E-state index is 12.0. The maximum atomic E-state index is 12.0. The number of carbonyl (C=O) groups is 1. The van der Waals surface area contributed by atoms with Crippen molar-refractivity contribution >= 4 is 34.3 Å². The predicted molar refractivity (Wildman–Crippen MR) is 86.7 cm³/mol. The number of benzene rings is 1. The second kappa shape index (κ2) is 6.65. The molecule has 1 amide bonds. The molecule has 0 fully saturated rings. The van der Waals surface area contributed by atoms with Gasteiger partial charge in [-0.2, -0.15) is 0 Å². The average molecular weight is 382 g/mol. The normalized spacial score (nSPS) is 10.2. The highest BCUT2D eigenvalue weighted by Gasteiger charge is 2.07. The number of nitrogens with zero attached hydrogens (tertiary/aromatic N) is 3. The zero-order valence-corrected chi connectivity index (χ0v) is 13.5. The van der Waals surface area contributed by atoms with Gasteiger partial charge in [0.25, 0.3) is 5.91 Å². The van der Waals surface area contributed by atoms with Gasteiger partial charge in [0.2, 0.25) is 0 Å². The summed E-state index contributed by atoms with van der Waals surface area (Å²) in [5, 5.41) is 2.82. The number of nitrogens with one attached hydrogen (secondary N) is 1. The van der Waals surface area contributed by atoms with Crippen molar-refractivity contribution in [2.24, 2.45) is 0 Å². The van der Waals surface area contributed by atoms with E-state index in [4.69, 9.17) is 0 Å². The number of anilines is 1. The molecular weight excluding hydrogens is 367 g/mol. The summed E-state index contributed by atoms with van der Waals surface area (Å²) >= 11 is 2.18. The Labute approximate surface area is 131 Å². The molecule has 0 aliphatic heterocycles. The topological polar surface area (TPSA) is 58.1 Å². The van der Waals surface area contributed by atoms with Crippen LogP contribution in [0.5, 0.6) is 0 Å². The van der Waals surface area contributed by atoms with Crippen molar-refractivity contribution in [1.29, 1.82) is 0 Å². The van der Waals surface area contributed by atoms with Gasteiger partial charge in [0.15, 0.2) is 0 Å². The van der Waals surface area contributed by atoms with E-state index < -0.39 is 0 Å². The molecule has 0 unspecified atom stereocenters. The fourth-order valence-electron chi connectivity index (χ4n) is 1.61. The summed E-state index contributed by atoms with van der Waals surface area (Å²) in [6.07, 6.45) is 1.69. The second-order valence-electron chi connectivity index (χ2n) is 4.42. The Hall–Kier alpha value is -1.70. The van der Waals surface area contributed by atoms with Crippen molar-refractivity contribution in [3.63, 3.8) is 0 Å². The molecule has 20 heavy (non-hydrogen) atoms. The summed E-state index contributed by atoms with van der Waals surface area (Å²) in [6, 6.07) is 9.26. The van der Waals surface area contributed by atoms with Crippen LogP contribution < -0.4 is 10.2 Å². The Morgan fingerprint density at radius 1 is 1.35 bits per heavy atom. The van der Waals surface area contributed by atoms with Crippen LogP contribution >= 0.6 is 22.6 Å². The highest BCUT2D eigenvalue weighted by molar-refractivity contribution is 14.1. The number of hydrogen-bond acceptors (Lipinski definition) is 4. The molecule has 0 atom stereocenters. The lowest BCUT2D eigenvalue weighted by Gasteiger charge is -2.11. The van der Waals surface area contributed by atoms with Crippen LogP contribution in [0.4, 0.5) is 5.82 Å². The molecular formula is C14H15IN4O. The molecule has 2 aromatic rings. The molecule has 5 nitrogen and oxygen atoms in total. The van der Waals surface area contributed by atoms with E-state index in [2.05, 4.69) is 37.9 Å². The van der Waals surface area contributed by atoms with Gasteiger partial charge in [-0.1, -0.05) is 6.07 Å². The Bertz CT molecular complexity index is 616. The van der Waals surface area contributed by atoms with Crippen LogP contribution in [0.25, 0.3) is 0 Å². The zero-order valence-electron chi connectivity index (χ0n) is 11.3. The minimum Gasteiger partial charge on any atom is -0.363 e. The second-order valence-corrected chi connectivity index (χ2v) is 5.66. The molecule has 2 rings (SSSR count). The van der Waals surface area contributed by atoms with Gasteiger partial charge in [-0.05, 0) is 46.9 Å². The lowest BCUT2D eigenvalue weighted by atomic mass is 10.2. The number of carbonyl (C=O) groups excluding carboxylic acids is 1. The van der Waals surface area contributed by atoms with E-state index in [0.29, 0.717) is 17.9 Å². The SMILES string of the molecule is CN(C)c1ccnc(CNC(=O)c2cccc(I)c2)n1. The third-order valence-electron chi connectivity index (χ3n) is 2.64. The fraction of sp³-hybridized carbons (Fsp3) is 0.214. The molecule has 0 aliphatic carbocycles. The summed E-state index contributed by atoms with van der Waals surface area (Å²) < 4.78 is 1.03. The van der Waals surface area contributed by atoms with Crippen molar-refractivity contribution in [1.82, 2.24) is 15.3 Å². The van der Waals surface area contributed by atoms with Crippen LogP contribution in [-0.4, -0.2) is 30.0 Å². The molecule has 6 heteroatoms. The largest absolute Gasteiger partial charge is 0.363 e. The van der Waals surface area contributed by atoms with Gasteiger partial charge in [0.05, 0.1) is 6.54 Å². The van der Waals surface area contributed by atoms with Gasteiger partial charge < -0.3 is 10.2 Å². The summed E-state index contributed by atoms with van der Waals surface area (Å²) in [4.78, 5) is 22.4. The third-order valence-corrected chi connectivity index (χ3v) is 3.31. The molecule has 0 saturated heterocycles. The summed E-state index contributed by atoms with van der Waals surface area (Å²) in [6.45, 7) is 0.311. The zero-order chi connectivity index (χ0) is 14.5. The highest BCUT2D eigenvalue weighted by atomic mass is 127. The van der Waals surface area contributed by atoms with Gasteiger partial charge >= 0.3 is 0 Å². The van der Waals surface area contributed by atoms with Crippen molar-refractivity contribution < 1.29 is 4.79 Å².